The first-order valence-corrected chi connectivity index (χ1v) is 5.96. The van der Waals surface area contributed by atoms with Crippen LogP contribution >= 0.6 is 11.6 Å². The molecule has 3 nitrogen and oxygen atoms in total. The van der Waals surface area contributed by atoms with Crippen LogP contribution in [0.1, 0.15) is 35.3 Å². The van der Waals surface area contributed by atoms with E-state index in [0.29, 0.717) is 23.6 Å². The maximum absolute atomic E-state index is 11.7. The molecule has 0 unspecified atom stereocenters. The highest BCUT2D eigenvalue weighted by Gasteiger charge is 2.14. The fourth-order valence-electron chi connectivity index (χ4n) is 1.55. The Balaban J connectivity index is 3.09. The summed E-state index contributed by atoms with van der Waals surface area (Å²) in [6.45, 7) is 3.55. The minimum atomic E-state index is -0.398. The molecule has 0 aliphatic rings. The molecule has 92 valence electrons. The summed E-state index contributed by atoms with van der Waals surface area (Å²) in [6, 6.07) is 5.21. The van der Waals surface area contributed by atoms with Gasteiger partial charge in [-0.1, -0.05) is 12.1 Å². The molecule has 0 radical (unpaired) electrons. The normalized spacial score (nSPS) is 10.1. The summed E-state index contributed by atoms with van der Waals surface area (Å²) in [7, 11) is 0. The van der Waals surface area contributed by atoms with E-state index in [9.17, 15) is 9.59 Å². The molecule has 0 atom stereocenters. The van der Waals surface area contributed by atoms with Crippen molar-refractivity contribution >= 4 is 23.4 Å². The van der Waals surface area contributed by atoms with Gasteiger partial charge in [-0.2, -0.15) is 0 Å². The van der Waals surface area contributed by atoms with Gasteiger partial charge in [0.25, 0.3) is 0 Å². The summed E-state index contributed by atoms with van der Waals surface area (Å²) >= 11 is 5.73. The molecule has 0 heterocycles. The predicted octanol–water partition coefficient (Wildman–Crippen LogP) is 2.73. The lowest BCUT2D eigenvalue weighted by Gasteiger charge is -2.09. The third-order valence-corrected chi connectivity index (χ3v) is 2.57. The van der Waals surface area contributed by atoms with Crippen molar-refractivity contribution in [2.45, 2.75) is 26.1 Å². The van der Waals surface area contributed by atoms with E-state index in [1.54, 1.807) is 25.1 Å². The number of halogens is 1. The largest absolute Gasteiger partial charge is 0.462 e. The average molecular weight is 255 g/mol. The van der Waals surface area contributed by atoms with Gasteiger partial charge in [-0.25, -0.2) is 4.79 Å². The molecular weight excluding hydrogens is 240 g/mol. The van der Waals surface area contributed by atoms with Crippen LogP contribution in [-0.2, 0) is 21.8 Å². The summed E-state index contributed by atoms with van der Waals surface area (Å²) in [6.07, 6.45) is 0.221. The lowest BCUT2D eigenvalue weighted by molar-refractivity contribution is -0.116. The predicted molar refractivity (Wildman–Crippen MR) is 66.3 cm³/mol. The molecule has 0 saturated heterocycles. The van der Waals surface area contributed by atoms with Gasteiger partial charge in [0.2, 0.25) is 0 Å². The van der Waals surface area contributed by atoms with Crippen LogP contribution in [0.15, 0.2) is 18.2 Å². The molecule has 0 aliphatic heterocycles. The van der Waals surface area contributed by atoms with E-state index >= 15 is 0 Å². The van der Waals surface area contributed by atoms with E-state index < -0.39 is 5.97 Å². The van der Waals surface area contributed by atoms with Crippen molar-refractivity contribution in [3.05, 3.63) is 34.9 Å². The topological polar surface area (TPSA) is 43.4 Å². The van der Waals surface area contributed by atoms with Crippen LogP contribution in [0.2, 0.25) is 0 Å². The van der Waals surface area contributed by atoms with Crippen LogP contribution < -0.4 is 0 Å². The molecule has 17 heavy (non-hydrogen) atoms. The Morgan fingerprint density at radius 2 is 2.06 bits per heavy atom. The number of ketones is 1. The summed E-state index contributed by atoms with van der Waals surface area (Å²) in [4.78, 5) is 22.8. The third kappa shape index (κ3) is 3.86. The van der Waals surface area contributed by atoms with E-state index in [1.807, 2.05) is 0 Å². The zero-order valence-corrected chi connectivity index (χ0v) is 10.7. The summed E-state index contributed by atoms with van der Waals surface area (Å²) < 4.78 is 4.94. The number of alkyl halides is 1. The second kappa shape index (κ2) is 6.40. The Bertz CT molecular complexity index is 427. The van der Waals surface area contributed by atoms with Crippen molar-refractivity contribution in [2.75, 3.05) is 6.61 Å². The molecule has 1 aromatic rings. The average Bonchev–Trinajstić information content (AvgIpc) is 2.28. The van der Waals surface area contributed by atoms with E-state index in [4.69, 9.17) is 16.3 Å². The Kier molecular flexibility index (Phi) is 5.16. The van der Waals surface area contributed by atoms with Gasteiger partial charge >= 0.3 is 5.97 Å². The number of esters is 1. The maximum Gasteiger partial charge on any atom is 0.338 e. The highest BCUT2D eigenvalue weighted by atomic mass is 35.5. The summed E-state index contributed by atoms with van der Waals surface area (Å²) in [5.74, 6) is -0.0410. The molecule has 0 aromatic heterocycles. The maximum atomic E-state index is 11.7. The molecule has 1 rings (SSSR count). The highest BCUT2D eigenvalue weighted by molar-refractivity contribution is 6.17. The van der Waals surface area contributed by atoms with Crippen molar-refractivity contribution in [2.24, 2.45) is 0 Å². The van der Waals surface area contributed by atoms with Crippen molar-refractivity contribution in [1.82, 2.24) is 0 Å². The van der Waals surface area contributed by atoms with Gasteiger partial charge < -0.3 is 4.74 Å². The van der Waals surface area contributed by atoms with E-state index in [1.165, 1.54) is 6.92 Å². The molecule has 0 aliphatic carbocycles. The molecule has 0 spiro atoms. The molecule has 0 bridgehead atoms. The smallest absolute Gasteiger partial charge is 0.338 e. The summed E-state index contributed by atoms with van der Waals surface area (Å²) in [5, 5.41) is 0. The van der Waals surface area contributed by atoms with Crippen LogP contribution in [0.4, 0.5) is 0 Å². The number of benzene rings is 1. The number of carbonyl (C=O) groups excluding carboxylic acids is 2. The van der Waals surface area contributed by atoms with Gasteiger partial charge in [0, 0.05) is 12.3 Å². The van der Waals surface area contributed by atoms with Gasteiger partial charge in [0.05, 0.1) is 12.2 Å². The van der Waals surface area contributed by atoms with E-state index in [-0.39, 0.29) is 12.2 Å². The zero-order chi connectivity index (χ0) is 12.8. The monoisotopic (exact) mass is 254 g/mol. The molecule has 1 aromatic carbocycles. The van der Waals surface area contributed by atoms with Gasteiger partial charge in [-0.3, -0.25) is 4.79 Å². The van der Waals surface area contributed by atoms with E-state index in [0.717, 1.165) is 5.56 Å². The zero-order valence-electron chi connectivity index (χ0n) is 9.96. The Hall–Kier alpha value is -1.35. The number of Topliss-reactive ketones (excluding diaryl/α,β-unsaturated/α-hetero) is 1. The molecule has 0 amide bonds. The molecule has 4 heteroatoms. The van der Waals surface area contributed by atoms with Crippen molar-refractivity contribution < 1.29 is 14.3 Å². The number of rotatable bonds is 5. The fourth-order valence-corrected chi connectivity index (χ4v) is 1.72. The molecule has 0 N–H and O–H groups in total. The number of hydrogen-bond acceptors (Lipinski definition) is 3. The first kappa shape index (κ1) is 13.7. The van der Waals surface area contributed by atoms with Gasteiger partial charge in [0.15, 0.2) is 0 Å². The molecule has 0 saturated carbocycles. The SMILES string of the molecule is CCOC(=O)c1ccc(CCl)cc1CC(C)=O. The lowest BCUT2D eigenvalue weighted by Crippen LogP contribution is -2.10. The molecule has 0 fully saturated rings. The summed E-state index contributed by atoms with van der Waals surface area (Å²) in [5.41, 5.74) is 2.00. The van der Waals surface area contributed by atoms with Crippen LogP contribution in [0.3, 0.4) is 0 Å². The van der Waals surface area contributed by atoms with Crippen LogP contribution in [-0.4, -0.2) is 18.4 Å². The van der Waals surface area contributed by atoms with Gasteiger partial charge in [-0.15, -0.1) is 11.6 Å². The Morgan fingerprint density at radius 1 is 1.35 bits per heavy atom. The minimum Gasteiger partial charge on any atom is -0.462 e. The molecular formula is C13H15ClO3. The number of ether oxygens (including phenoxy) is 1. The Morgan fingerprint density at radius 3 is 2.59 bits per heavy atom. The Labute approximate surface area is 106 Å². The first-order valence-electron chi connectivity index (χ1n) is 5.42. The fraction of sp³-hybridized carbons (Fsp3) is 0.385. The van der Waals surface area contributed by atoms with Crippen molar-refractivity contribution in [3.63, 3.8) is 0 Å². The van der Waals surface area contributed by atoms with Crippen LogP contribution in [0.25, 0.3) is 0 Å². The second-order valence-corrected chi connectivity index (χ2v) is 3.99. The van der Waals surface area contributed by atoms with Gasteiger partial charge in [0.1, 0.15) is 5.78 Å². The standard InChI is InChI=1S/C13H15ClO3/c1-3-17-13(16)12-5-4-10(8-14)7-11(12)6-9(2)15/h4-5,7H,3,6,8H2,1-2H3. The quantitative estimate of drug-likeness (QED) is 0.599. The highest BCUT2D eigenvalue weighted by Crippen LogP contribution is 2.16. The third-order valence-electron chi connectivity index (χ3n) is 2.26. The van der Waals surface area contributed by atoms with Gasteiger partial charge in [-0.05, 0) is 31.0 Å². The second-order valence-electron chi connectivity index (χ2n) is 3.72. The van der Waals surface area contributed by atoms with Crippen molar-refractivity contribution in [1.29, 1.82) is 0 Å². The lowest BCUT2D eigenvalue weighted by atomic mass is 10.0. The van der Waals surface area contributed by atoms with Crippen LogP contribution in [0, 0.1) is 0 Å². The number of carbonyl (C=O) groups is 2. The minimum absolute atomic E-state index is 0.00210. The van der Waals surface area contributed by atoms with Crippen LogP contribution in [0.5, 0.6) is 0 Å². The van der Waals surface area contributed by atoms with E-state index in [2.05, 4.69) is 0 Å². The van der Waals surface area contributed by atoms with Crippen molar-refractivity contribution in [3.8, 4) is 0 Å². The number of hydrogen-bond donors (Lipinski definition) is 0. The first-order chi connectivity index (χ1) is 8.08.